The second-order valence-corrected chi connectivity index (χ2v) is 6.99. The SMILES string of the molecule is COCCNC(=O)CCC(=O)N1CCN(c2nc3cccnc3s2)CC1. The molecule has 0 spiro atoms. The number of amides is 2. The first-order chi connectivity index (χ1) is 12.7. The molecule has 2 amide bonds. The van der Waals surface area contributed by atoms with Gasteiger partial charge in [-0.2, -0.15) is 0 Å². The van der Waals surface area contributed by atoms with E-state index in [9.17, 15) is 9.59 Å². The highest BCUT2D eigenvalue weighted by molar-refractivity contribution is 7.21. The largest absolute Gasteiger partial charge is 0.383 e. The van der Waals surface area contributed by atoms with Crippen LogP contribution in [0.15, 0.2) is 18.3 Å². The fourth-order valence-corrected chi connectivity index (χ4v) is 3.76. The van der Waals surface area contributed by atoms with Gasteiger partial charge in [-0.05, 0) is 12.1 Å². The van der Waals surface area contributed by atoms with Crippen LogP contribution in [0.1, 0.15) is 12.8 Å². The number of pyridine rings is 1. The Bertz CT molecular complexity index is 725. The zero-order valence-corrected chi connectivity index (χ0v) is 15.6. The topological polar surface area (TPSA) is 87.7 Å². The van der Waals surface area contributed by atoms with Crippen LogP contribution >= 0.6 is 11.3 Å². The molecule has 9 heteroatoms. The number of methoxy groups -OCH3 is 1. The van der Waals surface area contributed by atoms with Crippen molar-refractivity contribution in [3.8, 4) is 0 Å². The minimum atomic E-state index is -0.115. The fourth-order valence-electron chi connectivity index (χ4n) is 2.80. The second-order valence-electron chi connectivity index (χ2n) is 6.03. The summed E-state index contributed by atoms with van der Waals surface area (Å²) in [4.78, 5) is 37.9. The third-order valence-electron chi connectivity index (χ3n) is 4.25. The van der Waals surface area contributed by atoms with Gasteiger partial charge in [0.05, 0.1) is 6.61 Å². The first-order valence-corrected chi connectivity index (χ1v) is 9.49. The lowest BCUT2D eigenvalue weighted by Gasteiger charge is -2.34. The number of carbonyl (C=O) groups excluding carboxylic acids is 2. The molecule has 2 aromatic rings. The Morgan fingerprint density at radius 1 is 1.27 bits per heavy atom. The smallest absolute Gasteiger partial charge is 0.223 e. The number of hydrogen-bond acceptors (Lipinski definition) is 7. The average Bonchev–Trinajstić information content (AvgIpc) is 3.10. The molecular formula is C17H23N5O3S. The Morgan fingerprint density at radius 3 is 2.81 bits per heavy atom. The highest BCUT2D eigenvalue weighted by Gasteiger charge is 2.23. The van der Waals surface area contributed by atoms with Crippen LogP contribution in [0.2, 0.25) is 0 Å². The maximum atomic E-state index is 12.3. The monoisotopic (exact) mass is 377 g/mol. The quantitative estimate of drug-likeness (QED) is 0.721. The van der Waals surface area contributed by atoms with Crippen molar-refractivity contribution in [1.82, 2.24) is 20.2 Å². The van der Waals surface area contributed by atoms with Crippen LogP contribution in [0.5, 0.6) is 0 Å². The molecule has 0 bridgehead atoms. The number of fused-ring (bicyclic) bond motifs is 1. The van der Waals surface area contributed by atoms with E-state index in [0.717, 1.165) is 28.6 Å². The van der Waals surface area contributed by atoms with Crippen LogP contribution in [-0.4, -0.2) is 73.1 Å². The van der Waals surface area contributed by atoms with Gasteiger partial charge in [-0.1, -0.05) is 11.3 Å². The van der Waals surface area contributed by atoms with Crippen molar-refractivity contribution in [3.63, 3.8) is 0 Å². The number of thiazole rings is 1. The zero-order chi connectivity index (χ0) is 18.4. The number of piperazine rings is 1. The molecular weight excluding hydrogens is 354 g/mol. The molecule has 0 atom stereocenters. The lowest BCUT2D eigenvalue weighted by molar-refractivity contribution is -0.133. The lowest BCUT2D eigenvalue weighted by Crippen LogP contribution is -2.49. The van der Waals surface area contributed by atoms with Crippen molar-refractivity contribution in [3.05, 3.63) is 18.3 Å². The number of aromatic nitrogens is 2. The Morgan fingerprint density at radius 2 is 2.08 bits per heavy atom. The van der Waals surface area contributed by atoms with Crippen molar-refractivity contribution in [2.24, 2.45) is 0 Å². The van der Waals surface area contributed by atoms with Crippen molar-refractivity contribution < 1.29 is 14.3 Å². The van der Waals surface area contributed by atoms with Crippen molar-refractivity contribution >= 4 is 38.6 Å². The van der Waals surface area contributed by atoms with Crippen molar-refractivity contribution in [2.45, 2.75) is 12.8 Å². The van der Waals surface area contributed by atoms with E-state index in [1.165, 1.54) is 0 Å². The van der Waals surface area contributed by atoms with E-state index >= 15 is 0 Å². The van der Waals surface area contributed by atoms with Crippen molar-refractivity contribution in [2.75, 3.05) is 51.3 Å². The first-order valence-electron chi connectivity index (χ1n) is 8.67. The van der Waals surface area contributed by atoms with Crippen LogP contribution in [0.25, 0.3) is 10.3 Å². The summed E-state index contributed by atoms with van der Waals surface area (Å²) in [5.41, 5.74) is 0.908. The average molecular weight is 377 g/mol. The molecule has 3 heterocycles. The van der Waals surface area contributed by atoms with Gasteiger partial charge in [-0.3, -0.25) is 9.59 Å². The molecule has 3 rings (SSSR count). The second kappa shape index (κ2) is 8.91. The van der Waals surface area contributed by atoms with Gasteiger partial charge < -0.3 is 19.9 Å². The Hall–Kier alpha value is -2.26. The predicted octanol–water partition coefficient (Wildman–Crippen LogP) is 0.883. The molecule has 1 aliphatic heterocycles. The van der Waals surface area contributed by atoms with Gasteiger partial charge in [-0.25, -0.2) is 9.97 Å². The van der Waals surface area contributed by atoms with Gasteiger partial charge in [0.25, 0.3) is 0 Å². The van der Waals surface area contributed by atoms with E-state index in [1.807, 2.05) is 17.0 Å². The van der Waals surface area contributed by atoms with E-state index in [0.29, 0.717) is 26.2 Å². The van der Waals surface area contributed by atoms with Crippen LogP contribution in [0.3, 0.4) is 0 Å². The predicted molar refractivity (Wildman–Crippen MR) is 100 cm³/mol. The molecule has 1 N–H and O–H groups in total. The summed E-state index contributed by atoms with van der Waals surface area (Å²) in [6.07, 6.45) is 2.22. The molecule has 1 fully saturated rings. The molecule has 140 valence electrons. The molecule has 0 aliphatic carbocycles. The maximum absolute atomic E-state index is 12.3. The molecule has 0 radical (unpaired) electrons. The van der Waals surface area contributed by atoms with E-state index in [4.69, 9.17) is 4.74 Å². The summed E-state index contributed by atoms with van der Waals surface area (Å²) >= 11 is 1.57. The minimum Gasteiger partial charge on any atom is -0.383 e. The van der Waals surface area contributed by atoms with E-state index in [-0.39, 0.29) is 24.7 Å². The minimum absolute atomic E-state index is 0.0255. The normalized spacial score (nSPS) is 14.7. The van der Waals surface area contributed by atoms with Crippen LogP contribution in [0, 0.1) is 0 Å². The standard InChI is InChI=1S/C17H23N5O3S/c1-25-12-7-18-14(23)4-5-15(24)21-8-10-22(11-9-21)17-20-13-3-2-6-19-16(13)26-17/h2-3,6H,4-5,7-12H2,1H3,(H,18,23). The van der Waals surface area contributed by atoms with Crippen LogP contribution in [0.4, 0.5) is 5.13 Å². The molecule has 2 aromatic heterocycles. The third kappa shape index (κ3) is 4.67. The fraction of sp³-hybridized carbons (Fsp3) is 0.529. The Kier molecular flexibility index (Phi) is 6.35. The van der Waals surface area contributed by atoms with Gasteiger partial charge in [0.1, 0.15) is 10.3 Å². The summed E-state index contributed by atoms with van der Waals surface area (Å²) in [7, 11) is 1.58. The molecule has 26 heavy (non-hydrogen) atoms. The molecule has 0 saturated carbocycles. The zero-order valence-electron chi connectivity index (χ0n) is 14.8. The summed E-state index contributed by atoms with van der Waals surface area (Å²) in [5, 5.41) is 3.67. The summed E-state index contributed by atoms with van der Waals surface area (Å²) < 4.78 is 4.88. The number of carbonyl (C=O) groups is 2. The number of ether oxygens (including phenoxy) is 1. The van der Waals surface area contributed by atoms with Crippen molar-refractivity contribution in [1.29, 1.82) is 0 Å². The Labute approximate surface area is 156 Å². The summed E-state index contributed by atoms with van der Waals surface area (Å²) in [6, 6.07) is 3.84. The van der Waals surface area contributed by atoms with Gasteiger partial charge >= 0.3 is 0 Å². The maximum Gasteiger partial charge on any atom is 0.223 e. The van der Waals surface area contributed by atoms with Gasteiger partial charge in [0.2, 0.25) is 11.8 Å². The van der Waals surface area contributed by atoms with E-state index in [2.05, 4.69) is 20.2 Å². The number of nitrogens with one attached hydrogen (secondary N) is 1. The Balaban J connectivity index is 1.44. The third-order valence-corrected chi connectivity index (χ3v) is 5.29. The number of nitrogens with zero attached hydrogens (tertiary/aromatic N) is 4. The lowest BCUT2D eigenvalue weighted by atomic mass is 10.2. The van der Waals surface area contributed by atoms with Gasteiger partial charge in [0, 0.05) is 58.9 Å². The number of hydrogen-bond donors (Lipinski definition) is 1. The highest BCUT2D eigenvalue weighted by Crippen LogP contribution is 2.27. The molecule has 8 nitrogen and oxygen atoms in total. The van der Waals surface area contributed by atoms with E-state index in [1.54, 1.807) is 24.6 Å². The van der Waals surface area contributed by atoms with E-state index < -0.39 is 0 Å². The van der Waals surface area contributed by atoms with Crippen LogP contribution in [-0.2, 0) is 14.3 Å². The molecule has 1 aliphatic rings. The number of anilines is 1. The van der Waals surface area contributed by atoms with Gasteiger partial charge in [-0.15, -0.1) is 0 Å². The van der Waals surface area contributed by atoms with Gasteiger partial charge in [0.15, 0.2) is 5.13 Å². The van der Waals surface area contributed by atoms with Crippen LogP contribution < -0.4 is 10.2 Å². The molecule has 1 saturated heterocycles. The molecule has 0 unspecified atom stereocenters. The summed E-state index contributed by atoms with van der Waals surface area (Å²) in [5.74, 6) is -0.0893. The summed E-state index contributed by atoms with van der Waals surface area (Å²) in [6.45, 7) is 3.72. The first kappa shape index (κ1) is 18.5. The molecule has 0 aromatic carbocycles. The highest BCUT2D eigenvalue weighted by atomic mass is 32.1. The number of rotatable bonds is 7.